The van der Waals surface area contributed by atoms with Gasteiger partial charge in [-0.15, -0.1) is 0 Å². The topological polar surface area (TPSA) is 0 Å². The van der Waals surface area contributed by atoms with Gasteiger partial charge in [0.25, 0.3) is 0 Å². The Hall–Kier alpha value is -0.0500. The van der Waals surface area contributed by atoms with Gasteiger partial charge in [0.1, 0.15) is 0 Å². The van der Waals surface area contributed by atoms with E-state index in [4.69, 9.17) is 0 Å². The van der Waals surface area contributed by atoms with Crippen LogP contribution in [0.4, 0.5) is 0 Å². The van der Waals surface area contributed by atoms with Crippen LogP contribution >= 0.6 is 19.8 Å². The summed E-state index contributed by atoms with van der Waals surface area (Å²) < 4.78 is 4.72. The predicted octanol–water partition coefficient (Wildman–Crippen LogP) is 4.71. The molecule has 1 aliphatic rings. The number of hydrogen-bond acceptors (Lipinski definition) is 0. The fourth-order valence-electron chi connectivity index (χ4n) is 2.67. The number of aryl methyl sites for hydroxylation is 2. The van der Waals surface area contributed by atoms with Crippen molar-refractivity contribution in [2.24, 2.45) is 0 Å². The van der Waals surface area contributed by atoms with Crippen molar-refractivity contribution < 1.29 is 0 Å². The van der Waals surface area contributed by atoms with Gasteiger partial charge in [-0.25, -0.2) is 0 Å². The zero-order valence-corrected chi connectivity index (χ0v) is 12.9. The molecule has 0 atom stereocenters. The van der Waals surface area contributed by atoms with Crippen molar-refractivity contribution in [2.75, 3.05) is 13.3 Å². The molecular formula is C15H23I. The summed E-state index contributed by atoms with van der Waals surface area (Å²) in [4.78, 5) is 0. The fourth-order valence-corrected chi connectivity index (χ4v) is 8.00. The van der Waals surface area contributed by atoms with Crippen molar-refractivity contribution in [3.63, 3.8) is 0 Å². The third-order valence-electron chi connectivity index (χ3n) is 3.69. The van der Waals surface area contributed by atoms with Crippen LogP contribution in [0.25, 0.3) is 0 Å². The molecule has 1 aromatic rings. The summed E-state index contributed by atoms with van der Waals surface area (Å²) in [7, 11) is 0. The van der Waals surface area contributed by atoms with E-state index >= 15 is 0 Å². The van der Waals surface area contributed by atoms with E-state index in [-0.39, 0.29) is 0 Å². The first-order chi connectivity index (χ1) is 7.70. The second-order valence-corrected chi connectivity index (χ2v) is 11.8. The molecule has 0 amide bonds. The van der Waals surface area contributed by atoms with Crippen LogP contribution in [0.5, 0.6) is 0 Å². The Balaban J connectivity index is 2.08. The Morgan fingerprint density at radius 3 is 2.44 bits per heavy atom. The van der Waals surface area contributed by atoms with Crippen LogP contribution in [0.3, 0.4) is 0 Å². The van der Waals surface area contributed by atoms with Crippen LogP contribution in [0, 0.1) is 13.8 Å². The Bertz CT molecular complexity index is 348. The third-order valence-corrected chi connectivity index (χ3v) is 10.1. The molecule has 0 spiro atoms. The summed E-state index contributed by atoms with van der Waals surface area (Å²) in [6.07, 6.45) is 2.95. The summed E-state index contributed by atoms with van der Waals surface area (Å²) >= 11 is -0.459. The van der Waals surface area contributed by atoms with Gasteiger partial charge in [-0.1, -0.05) is 0 Å². The molecule has 0 aliphatic carbocycles. The molecule has 1 saturated heterocycles. The zero-order chi connectivity index (χ0) is 11.5. The Morgan fingerprint density at radius 1 is 1.19 bits per heavy atom. The van der Waals surface area contributed by atoms with Crippen LogP contribution in [0.2, 0.25) is 0 Å². The van der Waals surface area contributed by atoms with Gasteiger partial charge in [-0.05, 0) is 0 Å². The molecule has 16 heavy (non-hydrogen) atoms. The van der Waals surface area contributed by atoms with E-state index in [2.05, 4.69) is 39.0 Å². The van der Waals surface area contributed by atoms with Crippen molar-refractivity contribution in [1.82, 2.24) is 0 Å². The first-order valence-corrected chi connectivity index (χ1v) is 10.9. The van der Waals surface area contributed by atoms with E-state index in [9.17, 15) is 0 Å². The molecule has 0 aromatic heterocycles. The minimum atomic E-state index is -0.459. The zero-order valence-electron chi connectivity index (χ0n) is 10.7. The standard InChI is InChI=1S/C15H23I/c1-4-16-9-7-14(8-10-16)15-6-5-12(2)11-13(15)3/h5-6,11,14H,4,7-10H2,1-3H3. The molecule has 1 fully saturated rings. The molecular weight excluding hydrogens is 307 g/mol. The number of hydrogen-bond donors (Lipinski definition) is 0. The van der Waals surface area contributed by atoms with E-state index < -0.39 is 19.8 Å². The number of halogens is 1. The monoisotopic (exact) mass is 330 g/mol. The number of rotatable bonds is 2. The molecule has 90 valence electrons. The normalized spacial score (nSPS) is 20.1. The average Bonchev–Trinajstić information content (AvgIpc) is 2.29. The van der Waals surface area contributed by atoms with Gasteiger partial charge in [-0.2, -0.15) is 0 Å². The van der Waals surface area contributed by atoms with Crippen molar-refractivity contribution in [1.29, 1.82) is 0 Å². The molecule has 1 heteroatoms. The van der Waals surface area contributed by atoms with Crippen molar-refractivity contribution in [3.8, 4) is 0 Å². The molecule has 0 bridgehead atoms. The molecule has 1 aliphatic heterocycles. The predicted molar refractivity (Wildman–Crippen MR) is 82.2 cm³/mol. The van der Waals surface area contributed by atoms with Crippen LogP contribution in [0.1, 0.15) is 42.4 Å². The summed E-state index contributed by atoms with van der Waals surface area (Å²) in [6.45, 7) is 6.88. The first kappa shape index (κ1) is 12.4. The summed E-state index contributed by atoms with van der Waals surface area (Å²) in [5.74, 6) is 0.876. The van der Waals surface area contributed by atoms with E-state index in [0.717, 1.165) is 5.92 Å². The van der Waals surface area contributed by atoms with E-state index in [0.29, 0.717) is 0 Å². The number of benzene rings is 1. The maximum atomic E-state index is 2.41. The maximum absolute atomic E-state index is 2.41. The number of alkyl halides is 3. The van der Waals surface area contributed by atoms with Gasteiger partial charge >= 0.3 is 108 Å². The SMILES string of the molecule is CCI1CCC(c2ccc(C)cc2C)CC1. The minimum absolute atomic E-state index is 0.459. The Labute approximate surface area is 107 Å². The first-order valence-electron chi connectivity index (χ1n) is 6.35. The van der Waals surface area contributed by atoms with Crippen LogP contribution in [-0.2, 0) is 0 Å². The fraction of sp³-hybridized carbons (Fsp3) is 0.600. The van der Waals surface area contributed by atoms with Crippen LogP contribution in [-0.4, -0.2) is 13.3 Å². The van der Waals surface area contributed by atoms with E-state index in [1.165, 1.54) is 28.4 Å². The van der Waals surface area contributed by atoms with Crippen molar-refractivity contribution >= 4 is 19.8 Å². The second kappa shape index (κ2) is 5.52. The van der Waals surface area contributed by atoms with Crippen molar-refractivity contribution in [3.05, 3.63) is 34.9 Å². The van der Waals surface area contributed by atoms with Gasteiger partial charge in [0.05, 0.1) is 0 Å². The van der Waals surface area contributed by atoms with Gasteiger partial charge < -0.3 is 0 Å². The molecule has 0 radical (unpaired) electrons. The Morgan fingerprint density at radius 2 is 1.88 bits per heavy atom. The molecule has 0 nitrogen and oxygen atoms in total. The quantitative estimate of drug-likeness (QED) is 0.544. The summed E-state index contributed by atoms with van der Waals surface area (Å²) in [5, 5.41) is 0. The van der Waals surface area contributed by atoms with Gasteiger partial charge in [0.15, 0.2) is 0 Å². The molecule has 1 aromatic carbocycles. The van der Waals surface area contributed by atoms with Gasteiger partial charge in [0, 0.05) is 0 Å². The van der Waals surface area contributed by atoms with E-state index in [1.54, 1.807) is 14.4 Å². The summed E-state index contributed by atoms with van der Waals surface area (Å²) in [5.41, 5.74) is 4.56. The van der Waals surface area contributed by atoms with Gasteiger partial charge in [-0.3, -0.25) is 0 Å². The average molecular weight is 330 g/mol. The molecule has 2 rings (SSSR count). The van der Waals surface area contributed by atoms with Gasteiger partial charge in [0.2, 0.25) is 0 Å². The molecule has 1 heterocycles. The summed E-state index contributed by atoms with van der Waals surface area (Å²) in [6, 6.07) is 7.01. The molecule has 0 saturated carbocycles. The molecule has 0 N–H and O–H groups in total. The van der Waals surface area contributed by atoms with Crippen molar-refractivity contribution in [2.45, 2.75) is 39.5 Å². The van der Waals surface area contributed by atoms with E-state index in [1.807, 2.05) is 0 Å². The van der Waals surface area contributed by atoms with Crippen LogP contribution < -0.4 is 0 Å². The van der Waals surface area contributed by atoms with Crippen LogP contribution in [0.15, 0.2) is 18.2 Å². The molecule has 0 unspecified atom stereocenters. The Kier molecular flexibility index (Phi) is 4.28. The third kappa shape index (κ3) is 2.79. The second-order valence-electron chi connectivity index (χ2n) is 4.85.